The zero-order chi connectivity index (χ0) is 18.9. The van der Waals surface area contributed by atoms with Gasteiger partial charge in [-0.15, -0.1) is 0 Å². The van der Waals surface area contributed by atoms with Gasteiger partial charge in [-0.25, -0.2) is 9.78 Å². The molecular weight excluding hydrogens is 334 g/mol. The van der Waals surface area contributed by atoms with Crippen LogP contribution in [0.4, 0.5) is 10.5 Å². The molecule has 2 aromatic rings. The Labute approximate surface area is 151 Å². The van der Waals surface area contributed by atoms with Crippen LogP contribution in [-0.2, 0) is 16.1 Å². The number of amides is 4. The van der Waals surface area contributed by atoms with Crippen molar-refractivity contribution in [3.05, 3.63) is 48.5 Å². The second-order valence-electron chi connectivity index (χ2n) is 6.82. The van der Waals surface area contributed by atoms with Crippen molar-refractivity contribution in [2.75, 3.05) is 5.32 Å². The van der Waals surface area contributed by atoms with Crippen LogP contribution in [0, 0.1) is 0 Å². The Morgan fingerprint density at radius 2 is 1.96 bits per heavy atom. The third-order valence-corrected chi connectivity index (χ3v) is 4.36. The lowest BCUT2D eigenvalue weighted by Crippen LogP contribution is -2.40. The normalized spacial score (nSPS) is 17.1. The Kier molecular flexibility index (Phi) is 4.50. The predicted molar refractivity (Wildman–Crippen MR) is 95.2 cm³/mol. The fraction of sp³-hybridized carbons (Fsp3) is 0.333. The average molecular weight is 355 g/mol. The Balaban J connectivity index is 1.63. The van der Waals surface area contributed by atoms with Crippen LogP contribution < -0.4 is 10.6 Å². The second-order valence-corrected chi connectivity index (χ2v) is 6.82. The first-order valence-electron chi connectivity index (χ1n) is 8.29. The van der Waals surface area contributed by atoms with Gasteiger partial charge in [0.05, 0.1) is 12.9 Å². The first-order chi connectivity index (χ1) is 12.3. The maximum atomic E-state index is 12.3. The van der Waals surface area contributed by atoms with Crippen LogP contribution >= 0.6 is 0 Å². The number of imide groups is 1. The highest BCUT2D eigenvalue weighted by molar-refractivity contribution is 6.06. The lowest BCUT2D eigenvalue weighted by atomic mass is 10.1. The summed E-state index contributed by atoms with van der Waals surface area (Å²) in [6.45, 7) is 5.32. The molecule has 3 rings (SSSR count). The van der Waals surface area contributed by atoms with E-state index in [1.807, 2.05) is 0 Å². The molecule has 1 aliphatic rings. The summed E-state index contributed by atoms with van der Waals surface area (Å²) < 4.78 is 1.71. The highest BCUT2D eigenvalue weighted by Crippen LogP contribution is 2.20. The third kappa shape index (κ3) is 3.44. The molecule has 0 radical (unpaired) electrons. The van der Waals surface area contributed by atoms with E-state index in [1.54, 1.807) is 68.3 Å². The van der Waals surface area contributed by atoms with Gasteiger partial charge in [0.2, 0.25) is 5.91 Å². The Morgan fingerprint density at radius 3 is 2.50 bits per heavy atom. The van der Waals surface area contributed by atoms with Crippen LogP contribution in [0.1, 0.15) is 32.4 Å². The summed E-state index contributed by atoms with van der Waals surface area (Å²) in [6.07, 6.45) is 4.94. The highest BCUT2D eigenvalue weighted by atomic mass is 16.2. The summed E-state index contributed by atoms with van der Waals surface area (Å²) >= 11 is 0. The standard InChI is InChI=1S/C18H21N5O3/c1-12(22-9-8-19-11-22)15(24)20-14-6-4-13(5-7-14)10-23-16(25)18(2,3)21-17(23)26/h4-9,11-12H,10H2,1-3H3,(H,20,24)(H,21,26)/t12-/m0/s1. The summed E-state index contributed by atoms with van der Waals surface area (Å²) in [5, 5.41) is 5.48. The lowest BCUT2D eigenvalue weighted by molar-refractivity contribution is -0.130. The Morgan fingerprint density at radius 1 is 1.27 bits per heavy atom. The van der Waals surface area contributed by atoms with Crippen molar-refractivity contribution in [3.63, 3.8) is 0 Å². The van der Waals surface area contributed by atoms with Crippen molar-refractivity contribution in [2.24, 2.45) is 0 Å². The summed E-state index contributed by atoms with van der Waals surface area (Å²) in [5.41, 5.74) is 0.559. The maximum absolute atomic E-state index is 12.3. The van der Waals surface area contributed by atoms with Crippen molar-refractivity contribution < 1.29 is 14.4 Å². The molecule has 1 atom stereocenters. The minimum Gasteiger partial charge on any atom is -0.325 e. The van der Waals surface area contributed by atoms with Crippen molar-refractivity contribution in [1.82, 2.24) is 19.8 Å². The van der Waals surface area contributed by atoms with Crippen LogP contribution in [0.15, 0.2) is 43.0 Å². The van der Waals surface area contributed by atoms with Crippen molar-refractivity contribution in [2.45, 2.75) is 38.9 Å². The Hall–Kier alpha value is -3.16. The van der Waals surface area contributed by atoms with Crippen LogP contribution in [0.2, 0.25) is 0 Å². The fourth-order valence-electron chi connectivity index (χ4n) is 2.72. The molecule has 4 amide bonds. The van der Waals surface area contributed by atoms with Gasteiger partial charge in [-0.2, -0.15) is 0 Å². The third-order valence-electron chi connectivity index (χ3n) is 4.36. The number of carbonyl (C=O) groups is 3. The molecule has 26 heavy (non-hydrogen) atoms. The molecule has 1 aromatic heterocycles. The number of urea groups is 1. The number of anilines is 1. The number of hydrogen-bond acceptors (Lipinski definition) is 4. The average Bonchev–Trinajstić information content (AvgIpc) is 3.19. The first kappa shape index (κ1) is 17.7. The maximum Gasteiger partial charge on any atom is 0.325 e. The van der Waals surface area contributed by atoms with Crippen LogP contribution in [0.3, 0.4) is 0 Å². The monoisotopic (exact) mass is 355 g/mol. The molecule has 0 spiro atoms. The number of aromatic nitrogens is 2. The fourth-order valence-corrected chi connectivity index (χ4v) is 2.72. The molecule has 2 N–H and O–H groups in total. The van der Waals surface area contributed by atoms with E-state index in [1.165, 1.54) is 4.90 Å². The van der Waals surface area contributed by atoms with Crippen molar-refractivity contribution in [3.8, 4) is 0 Å². The molecule has 1 saturated heterocycles. The molecule has 2 heterocycles. The summed E-state index contributed by atoms with van der Waals surface area (Å²) in [4.78, 5) is 41.5. The number of benzene rings is 1. The van der Waals surface area contributed by atoms with Gasteiger partial charge in [-0.1, -0.05) is 12.1 Å². The van der Waals surface area contributed by atoms with Crippen molar-refractivity contribution >= 4 is 23.5 Å². The van der Waals surface area contributed by atoms with E-state index < -0.39 is 11.6 Å². The van der Waals surface area contributed by atoms with E-state index in [9.17, 15) is 14.4 Å². The summed E-state index contributed by atoms with van der Waals surface area (Å²) in [6, 6.07) is 6.28. The number of rotatable bonds is 5. The van der Waals surface area contributed by atoms with E-state index in [4.69, 9.17) is 0 Å². The molecule has 0 aliphatic carbocycles. The lowest BCUT2D eigenvalue weighted by Gasteiger charge is -2.16. The van der Waals surface area contributed by atoms with Gasteiger partial charge in [-0.05, 0) is 38.5 Å². The molecule has 1 fully saturated rings. The molecule has 0 bridgehead atoms. The van der Waals surface area contributed by atoms with E-state index >= 15 is 0 Å². The summed E-state index contributed by atoms with van der Waals surface area (Å²) in [7, 11) is 0. The van der Waals surface area contributed by atoms with Crippen molar-refractivity contribution in [1.29, 1.82) is 0 Å². The van der Waals surface area contributed by atoms with Gasteiger partial charge in [-0.3, -0.25) is 14.5 Å². The summed E-state index contributed by atoms with van der Waals surface area (Å²) in [5.74, 6) is -0.416. The van der Waals surface area contributed by atoms with Gasteiger partial charge in [0, 0.05) is 18.1 Å². The molecule has 1 aliphatic heterocycles. The second kappa shape index (κ2) is 6.62. The van der Waals surface area contributed by atoms with Gasteiger partial charge < -0.3 is 15.2 Å². The number of carbonyl (C=O) groups excluding carboxylic acids is 3. The molecule has 1 aromatic carbocycles. The number of nitrogens with zero attached hydrogens (tertiary/aromatic N) is 3. The van der Waals surface area contributed by atoms with Crippen LogP contribution in [0.25, 0.3) is 0 Å². The smallest absolute Gasteiger partial charge is 0.325 e. The molecule has 0 unspecified atom stereocenters. The molecule has 136 valence electrons. The number of imidazole rings is 1. The van der Waals surface area contributed by atoms with Gasteiger partial charge in [0.15, 0.2) is 0 Å². The number of hydrogen-bond donors (Lipinski definition) is 2. The minimum absolute atomic E-state index is 0.161. The predicted octanol–water partition coefficient (Wildman–Crippen LogP) is 1.91. The molecule has 0 saturated carbocycles. The van der Waals surface area contributed by atoms with Crippen LogP contribution in [0.5, 0.6) is 0 Å². The number of nitrogens with one attached hydrogen (secondary N) is 2. The van der Waals surface area contributed by atoms with E-state index in [-0.39, 0.29) is 24.4 Å². The molecule has 8 heteroatoms. The zero-order valence-corrected chi connectivity index (χ0v) is 14.9. The molecule has 8 nitrogen and oxygen atoms in total. The minimum atomic E-state index is -0.880. The topological polar surface area (TPSA) is 96.3 Å². The largest absolute Gasteiger partial charge is 0.325 e. The first-order valence-corrected chi connectivity index (χ1v) is 8.29. The zero-order valence-electron chi connectivity index (χ0n) is 14.9. The quantitative estimate of drug-likeness (QED) is 0.801. The SMILES string of the molecule is C[C@@H](C(=O)Nc1ccc(CN2C(=O)NC(C)(C)C2=O)cc1)n1ccnc1. The van der Waals surface area contributed by atoms with Gasteiger partial charge in [0.25, 0.3) is 5.91 Å². The van der Waals surface area contributed by atoms with E-state index in [0.29, 0.717) is 5.69 Å². The van der Waals surface area contributed by atoms with E-state index in [0.717, 1.165) is 5.56 Å². The molecular formula is C18H21N5O3. The van der Waals surface area contributed by atoms with E-state index in [2.05, 4.69) is 15.6 Å². The highest BCUT2D eigenvalue weighted by Gasteiger charge is 2.43. The van der Waals surface area contributed by atoms with Gasteiger partial charge in [0.1, 0.15) is 11.6 Å². The van der Waals surface area contributed by atoms with Gasteiger partial charge >= 0.3 is 6.03 Å². The van der Waals surface area contributed by atoms with Crippen LogP contribution in [-0.4, -0.2) is 37.8 Å². The Bertz CT molecular complexity index is 827.